The number of likely N-dealkylation sites (N-methyl/N-ethyl adjacent to an activating group) is 2. The summed E-state index contributed by atoms with van der Waals surface area (Å²) in [7, 11) is 4.09. The number of carboxylic acid groups (broad SMARTS) is 1. The van der Waals surface area contributed by atoms with E-state index in [0.29, 0.717) is 31.5 Å². The molecule has 0 radical (unpaired) electrons. The zero-order chi connectivity index (χ0) is 54.9. The molecule has 75 heavy (non-hydrogen) atoms. The van der Waals surface area contributed by atoms with Gasteiger partial charge in [-0.3, -0.25) is 28.8 Å². The lowest BCUT2D eigenvalue weighted by molar-refractivity contribution is -0.239. The second kappa shape index (κ2) is 24.9. The Morgan fingerprint density at radius 3 is 1.37 bits per heavy atom. The minimum atomic E-state index is -1.64. The predicted octanol–water partition coefficient (Wildman–Crippen LogP) is 8.48. The summed E-state index contributed by atoms with van der Waals surface area (Å²) in [5, 5.41) is 21.6. The van der Waals surface area contributed by atoms with Crippen LogP contribution in [0.3, 0.4) is 0 Å². The molecule has 2 atom stereocenters. The lowest BCUT2D eigenvalue weighted by Crippen LogP contribution is -2.49. The number of carboxylic acids is 1. The van der Waals surface area contributed by atoms with Crippen molar-refractivity contribution >= 4 is 105 Å². The number of Topliss-reactive ketones (excluding diaryl/α,β-unsaturated/α-hetero) is 1. The minimum Gasteiger partial charge on any atom is -0.481 e. The first-order valence-corrected chi connectivity index (χ1v) is 25.0. The molecule has 2 saturated heterocycles. The molecule has 0 saturated carbocycles. The number of aliphatic carboxylic acids is 1. The molecule has 4 aliphatic heterocycles. The maximum absolute atomic E-state index is 12.3. The maximum Gasteiger partial charge on any atom is 0.331 e. The number of carbonyl (C=O) groups is 8. The molecule has 4 heterocycles. The van der Waals surface area contributed by atoms with Crippen molar-refractivity contribution in [3.8, 4) is 0 Å². The lowest BCUT2D eigenvalue weighted by Gasteiger charge is -2.33. The first kappa shape index (κ1) is 57.8. The van der Waals surface area contributed by atoms with Gasteiger partial charge in [0.2, 0.25) is 5.92 Å². The van der Waals surface area contributed by atoms with Crippen LogP contribution < -0.4 is 21.3 Å². The highest BCUT2D eigenvalue weighted by atomic mass is 35.5. The third-order valence-corrected chi connectivity index (χ3v) is 13.0. The summed E-state index contributed by atoms with van der Waals surface area (Å²) >= 11 is 25.3. The summed E-state index contributed by atoms with van der Waals surface area (Å²) in [5.41, 5.74) is 7.70. The number of benzene rings is 4. The van der Waals surface area contributed by atoms with E-state index in [-0.39, 0.29) is 44.2 Å². The van der Waals surface area contributed by atoms with E-state index >= 15 is 0 Å². The number of carbonyl (C=O) groups excluding carboxylic acids is 7. The number of ketones is 1. The summed E-state index contributed by atoms with van der Waals surface area (Å²) in [6.45, 7) is 8.99. The Balaban J connectivity index is 0.000000211. The fraction of sp³-hybridized carbons (Fsp3) is 0.385. The van der Waals surface area contributed by atoms with E-state index in [1.807, 2.05) is 55.6 Å². The molecule has 0 aliphatic carbocycles. The van der Waals surface area contributed by atoms with Gasteiger partial charge in [0, 0.05) is 117 Å². The zero-order valence-corrected chi connectivity index (χ0v) is 44.8. The Morgan fingerprint density at radius 1 is 0.600 bits per heavy atom. The largest absolute Gasteiger partial charge is 0.481 e. The number of esters is 4. The van der Waals surface area contributed by atoms with Crippen LogP contribution in [-0.4, -0.2) is 114 Å². The number of nitrogens with one attached hydrogen (secondary N) is 4. The Kier molecular flexibility index (Phi) is 19.2. The van der Waals surface area contributed by atoms with Gasteiger partial charge in [-0.25, -0.2) is 9.59 Å². The molecular weight excluding hydrogens is 1060 g/mol. The van der Waals surface area contributed by atoms with Crippen LogP contribution in [0.2, 0.25) is 20.1 Å². The molecule has 4 amide bonds. The second-order valence-corrected chi connectivity index (χ2v) is 20.7. The topological polar surface area (TPSA) is 248 Å². The van der Waals surface area contributed by atoms with Gasteiger partial charge in [0.25, 0.3) is 11.6 Å². The van der Waals surface area contributed by atoms with Crippen molar-refractivity contribution in [2.24, 2.45) is 5.92 Å². The van der Waals surface area contributed by atoms with Gasteiger partial charge in [0.05, 0.1) is 6.42 Å². The number of ether oxygens (including phenoxy) is 4. The number of fused-ring (bicyclic) bond motifs is 2. The average Bonchev–Trinajstić information content (AvgIpc) is 3.28. The van der Waals surface area contributed by atoms with Gasteiger partial charge in [-0.2, -0.15) is 0 Å². The molecule has 5 N–H and O–H groups in total. The highest BCUT2D eigenvalue weighted by molar-refractivity contribution is 6.36. The Hall–Kier alpha value is -6.48. The van der Waals surface area contributed by atoms with Gasteiger partial charge in [0.15, 0.2) is 5.78 Å². The van der Waals surface area contributed by atoms with E-state index in [2.05, 4.69) is 47.6 Å². The molecule has 400 valence electrons. The molecule has 0 bridgehead atoms. The van der Waals surface area contributed by atoms with Gasteiger partial charge in [-0.05, 0) is 96.0 Å². The van der Waals surface area contributed by atoms with Gasteiger partial charge >= 0.3 is 41.9 Å². The lowest BCUT2D eigenvalue weighted by atomic mass is 9.85. The monoisotopic (exact) mass is 1110 g/mol. The van der Waals surface area contributed by atoms with Crippen LogP contribution in [0.5, 0.6) is 0 Å². The standard InChI is InChI=1S/C26H27Cl2N3O6.C20H21Cl2N3O3.C6H8O4/c1-26(2)36-23(33)22(24(34)37-26)21(32)8-9-29-25(35)30-16-6-4-14(5-7-16)18-12-31(3)13-19-17(18)10-15(27)11-20(19)28;1-25-10-16(15-8-13(21)9-18(22)17(15)11-25)12-2-4-14(5-3-12)24-20(28)23-7-6-19(26)27;1-6(2)9-4(7)3-5(8)10-6/h4-7,10-11,18,22H,8-9,12-13H2,1-3H3,(H2,29,30,35);2-5,8-9,16H,6-7,10-11H2,1H3,(H,26,27)(H2,23,24,28);3H2,1-2H3. The third kappa shape index (κ3) is 16.3. The number of rotatable bonds is 11. The van der Waals surface area contributed by atoms with Crippen LogP contribution in [0.15, 0.2) is 72.8 Å². The fourth-order valence-electron chi connectivity index (χ4n) is 8.68. The fourth-order valence-corrected chi connectivity index (χ4v) is 9.82. The smallest absolute Gasteiger partial charge is 0.331 e. The number of anilines is 2. The second-order valence-electron chi connectivity index (χ2n) is 19.0. The first-order chi connectivity index (χ1) is 35.3. The quantitative estimate of drug-likeness (QED) is 0.0698. The first-order valence-electron chi connectivity index (χ1n) is 23.5. The zero-order valence-electron chi connectivity index (χ0n) is 41.8. The molecule has 4 aromatic carbocycles. The molecule has 19 nitrogen and oxygen atoms in total. The molecule has 8 rings (SSSR count). The highest BCUT2D eigenvalue weighted by Gasteiger charge is 2.47. The molecule has 4 aliphatic rings. The number of amides is 4. The van der Waals surface area contributed by atoms with E-state index in [1.54, 1.807) is 24.3 Å². The molecule has 2 fully saturated rings. The molecule has 0 spiro atoms. The van der Waals surface area contributed by atoms with E-state index in [1.165, 1.54) is 27.7 Å². The number of cyclic esters (lactones) is 4. The van der Waals surface area contributed by atoms with Crippen molar-refractivity contribution in [3.63, 3.8) is 0 Å². The Bertz CT molecular complexity index is 2810. The van der Waals surface area contributed by atoms with E-state index in [0.717, 1.165) is 59.6 Å². The number of urea groups is 2. The molecule has 4 aromatic rings. The number of hydrogen-bond acceptors (Lipinski definition) is 14. The third-order valence-electron chi connectivity index (χ3n) is 11.9. The molecule has 0 aromatic heterocycles. The van der Waals surface area contributed by atoms with Gasteiger partial charge < -0.3 is 55.1 Å². The van der Waals surface area contributed by atoms with Crippen molar-refractivity contribution in [1.82, 2.24) is 20.4 Å². The van der Waals surface area contributed by atoms with Crippen molar-refractivity contribution in [2.75, 3.05) is 50.9 Å². The van der Waals surface area contributed by atoms with E-state index < -0.39 is 65.2 Å². The van der Waals surface area contributed by atoms with Crippen LogP contribution in [0.1, 0.15) is 92.2 Å². The summed E-state index contributed by atoms with van der Waals surface area (Å²) in [5.74, 6) is -8.52. The summed E-state index contributed by atoms with van der Waals surface area (Å²) in [4.78, 5) is 96.5. The van der Waals surface area contributed by atoms with Crippen LogP contribution in [0.4, 0.5) is 21.0 Å². The molecule has 2 unspecified atom stereocenters. The minimum absolute atomic E-state index is 0.0718. The Morgan fingerprint density at radius 2 is 0.987 bits per heavy atom. The van der Waals surface area contributed by atoms with Gasteiger partial charge in [-0.1, -0.05) is 70.7 Å². The predicted molar refractivity (Wildman–Crippen MR) is 279 cm³/mol. The van der Waals surface area contributed by atoms with Crippen LogP contribution in [-0.2, 0) is 60.8 Å². The van der Waals surface area contributed by atoms with Crippen LogP contribution in [0, 0.1) is 5.92 Å². The van der Waals surface area contributed by atoms with Gasteiger partial charge in [-0.15, -0.1) is 0 Å². The molecular formula is C52H56Cl4N6O13. The highest BCUT2D eigenvalue weighted by Crippen LogP contribution is 2.40. The normalized spacial score (nSPS) is 18.8. The van der Waals surface area contributed by atoms with Crippen molar-refractivity contribution < 1.29 is 62.4 Å². The summed E-state index contributed by atoms with van der Waals surface area (Å²) in [6.07, 6.45) is -0.628. The van der Waals surface area contributed by atoms with Crippen molar-refractivity contribution in [2.45, 2.75) is 83.5 Å². The van der Waals surface area contributed by atoms with Crippen molar-refractivity contribution in [3.05, 3.63) is 126 Å². The van der Waals surface area contributed by atoms with Crippen LogP contribution >= 0.6 is 46.4 Å². The van der Waals surface area contributed by atoms with Crippen molar-refractivity contribution in [1.29, 1.82) is 0 Å². The van der Waals surface area contributed by atoms with Gasteiger partial charge in [0.1, 0.15) is 6.42 Å². The Labute approximate surface area is 452 Å². The summed E-state index contributed by atoms with van der Waals surface area (Å²) in [6, 6.07) is 21.5. The van der Waals surface area contributed by atoms with Crippen LogP contribution in [0.25, 0.3) is 0 Å². The molecule has 23 heteroatoms. The van der Waals surface area contributed by atoms with E-state index in [4.69, 9.17) is 61.0 Å². The van der Waals surface area contributed by atoms with E-state index in [9.17, 15) is 38.4 Å². The number of halogens is 4. The average molecular weight is 1110 g/mol. The maximum atomic E-state index is 12.3. The number of hydrogen-bond donors (Lipinski definition) is 5. The SMILES string of the molecule is CC1(C)OC(=O)CC(=O)O1.CN1Cc2c(Cl)cc(Cl)cc2C(c2ccc(NC(=O)NCCC(=O)C3C(=O)OC(C)(C)OC3=O)cc2)C1.CN1Cc2c(Cl)cc(Cl)cc2C(c2ccc(NC(=O)NCCC(=O)O)cc2)C1. The number of nitrogens with zero attached hydrogens (tertiary/aromatic N) is 2. The summed E-state index contributed by atoms with van der Waals surface area (Å²) < 4.78 is 19.2.